The standard InChI is InChI=1S/C14H17FN2OS/c1-8(2)12(13(16)19)14(18)17-6-5-9-3-4-10(15)7-11(9)17/h3-4,7-8,12H,5-6H2,1-2H3,(H2,16,19). The number of hydrogen-bond acceptors (Lipinski definition) is 2. The molecule has 2 N–H and O–H groups in total. The van der Waals surface area contributed by atoms with E-state index in [-0.39, 0.29) is 22.6 Å². The van der Waals surface area contributed by atoms with Crippen molar-refractivity contribution in [3.05, 3.63) is 29.6 Å². The van der Waals surface area contributed by atoms with Crippen LogP contribution in [-0.4, -0.2) is 17.4 Å². The van der Waals surface area contributed by atoms with Crippen molar-refractivity contribution in [1.29, 1.82) is 0 Å². The first kappa shape index (κ1) is 13.9. The topological polar surface area (TPSA) is 46.3 Å². The molecule has 3 nitrogen and oxygen atoms in total. The number of benzene rings is 1. The van der Waals surface area contributed by atoms with Gasteiger partial charge in [0.15, 0.2) is 0 Å². The van der Waals surface area contributed by atoms with E-state index >= 15 is 0 Å². The summed E-state index contributed by atoms with van der Waals surface area (Å²) in [7, 11) is 0. The van der Waals surface area contributed by atoms with Gasteiger partial charge in [0.25, 0.3) is 0 Å². The van der Waals surface area contributed by atoms with Crippen molar-refractivity contribution in [2.45, 2.75) is 20.3 Å². The van der Waals surface area contributed by atoms with Crippen LogP contribution in [0, 0.1) is 17.7 Å². The predicted molar refractivity (Wildman–Crippen MR) is 77.6 cm³/mol. The summed E-state index contributed by atoms with van der Waals surface area (Å²) in [6, 6.07) is 4.54. The Balaban J connectivity index is 2.32. The van der Waals surface area contributed by atoms with Gasteiger partial charge in [0.05, 0.1) is 10.9 Å². The van der Waals surface area contributed by atoms with Crippen LogP contribution in [0.3, 0.4) is 0 Å². The number of thiocarbonyl (C=S) groups is 1. The van der Waals surface area contributed by atoms with Gasteiger partial charge in [-0.3, -0.25) is 4.79 Å². The first-order valence-corrected chi connectivity index (χ1v) is 6.71. The SMILES string of the molecule is CC(C)C(C(=O)N1CCc2ccc(F)cc21)C(N)=S. The van der Waals surface area contributed by atoms with E-state index in [1.165, 1.54) is 12.1 Å². The lowest BCUT2D eigenvalue weighted by molar-refractivity contribution is -0.121. The maximum atomic E-state index is 13.3. The third-order valence-corrected chi connectivity index (χ3v) is 3.70. The first-order valence-electron chi connectivity index (χ1n) is 6.31. The van der Waals surface area contributed by atoms with E-state index in [1.807, 2.05) is 13.8 Å². The second-order valence-electron chi connectivity index (χ2n) is 5.14. The Morgan fingerprint density at radius 1 is 1.47 bits per heavy atom. The number of carbonyl (C=O) groups is 1. The van der Waals surface area contributed by atoms with Gasteiger partial charge in [-0.05, 0) is 30.0 Å². The van der Waals surface area contributed by atoms with Crippen molar-refractivity contribution in [1.82, 2.24) is 0 Å². The van der Waals surface area contributed by atoms with Gasteiger partial charge in [-0.1, -0.05) is 32.1 Å². The van der Waals surface area contributed by atoms with Crippen LogP contribution in [0.2, 0.25) is 0 Å². The molecule has 1 unspecified atom stereocenters. The Bertz CT molecular complexity index is 530. The molecule has 2 rings (SSSR count). The highest BCUT2D eigenvalue weighted by atomic mass is 32.1. The average Bonchev–Trinajstić information content (AvgIpc) is 2.70. The van der Waals surface area contributed by atoms with Crippen LogP contribution in [0.15, 0.2) is 18.2 Å². The second-order valence-corrected chi connectivity index (χ2v) is 5.61. The molecule has 1 aliphatic heterocycles. The van der Waals surface area contributed by atoms with Gasteiger partial charge in [-0.2, -0.15) is 0 Å². The fraction of sp³-hybridized carbons (Fsp3) is 0.429. The van der Waals surface area contributed by atoms with E-state index in [0.717, 1.165) is 12.0 Å². The van der Waals surface area contributed by atoms with Crippen LogP contribution in [-0.2, 0) is 11.2 Å². The highest BCUT2D eigenvalue weighted by molar-refractivity contribution is 7.80. The van der Waals surface area contributed by atoms with Gasteiger partial charge in [0, 0.05) is 12.2 Å². The van der Waals surface area contributed by atoms with E-state index in [4.69, 9.17) is 18.0 Å². The zero-order valence-electron chi connectivity index (χ0n) is 11.0. The van der Waals surface area contributed by atoms with Gasteiger partial charge in [0.2, 0.25) is 5.91 Å². The molecule has 19 heavy (non-hydrogen) atoms. The van der Waals surface area contributed by atoms with E-state index < -0.39 is 5.92 Å². The van der Waals surface area contributed by atoms with Crippen molar-refractivity contribution >= 4 is 28.8 Å². The van der Waals surface area contributed by atoms with E-state index in [1.54, 1.807) is 11.0 Å². The summed E-state index contributed by atoms with van der Waals surface area (Å²) >= 11 is 4.99. The smallest absolute Gasteiger partial charge is 0.237 e. The summed E-state index contributed by atoms with van der Waals surface area (Å²) in [6.07, 6.45) is 0.740. The lowest BCUT2D eigenvalue weighted by Gasteiger charge is -2.25. The molecule has 0 spiro atoms. The minimum atomic E-state index is -0.496. The summed E-state index contributed by atoms with van der Waals surface area (Å²) in [5.41, 5.74) is 7.30. The van der Waals surface area contributed by atoms with Gasteiger partial charge in [0.1, 0.15) is 5.82 Å². The Morgan fingerprint density at radius 2 is 2.16 bits per heavy atom. The van der Waals surface area contributed by atoms with Crippen molar-refractivity contribution in [3.63, 3.8) is 0 Å². The molecule has 1 aromatic carbocycles. The van der Waals surface area contributed by atoms with Gasteiger partial charge < -0.3 is 10.6 Å². The number of fused-ring (bicyclic) bond motifs is 1. The average molecular weight is 280 g/mol. The molecule has 1 amide bonds. The van der Waals surface area contributed by atoms with Crippen LogP contribution >= 0.6 is 12.2 Å². The first-order chi connectivity index (χ1) is 8.91. The maximum Gasteiger partial charge on any atom is 0.237 e. The molecule has 1 aliphatic rings. The molecule has 0 saturated heterocycles. The molecule has 1 aromatic rings. The van der Waals surface area contributed by atoms with E-state index in [9.17, 15) is 9.18 Å². The predicted octanol–water partition coefficient (Wildman–Crippen LogP) is 2.27. The monoisotopic (exact) mass is 280 g/mol. The number of nitrogens with two attached hydrogens (primary N) is 1. The number of halogens is 1. The Hall–Kier alpha value is -1.49. The third kappa shape index (κ3) is 2.61. The molecule has 0 bridgehead atoms. The minimum absolute atomic E-state index is 0.0302. The van der Waals surface area contributed by atoms with Crippen LogP contribution in [0.1, 0.15) is 19.4 Å². The lowest BCUT2D eigenvalue weighted by atomic mass is 9.94. The number of anilines is 1. The van der Waals surface area contributed by atoms with Crippen LogP contribution < -0.4 is 10.6 Å². The number of amides is 1. The molecule has 0 aliphatic carbocycles. The van der Waals surface area contributed by atoms with Crippen molar-refractivity contribution < 1.29 is 9.18 Å². The molecule has 1 heterocycles. The summed E-state index contributed by atoms with van der Waals surface area (Å²) in [4.78, 5) is 14.3. The van der Waals surface area contributed by atoms with Crippen LogP contribution in [0.4, 0.5) is 10.1 Å². The molecular weight excluding hydrogens is 263 g/mol. The molecule has 0 fully saturated rings. The quantitative estimate of drug-likeness (QED) is 0.864. The lowest BCUT2D eigenvalue weighted by Crippen LogP contribution is -2.43. The highest BCUT2D eigenvalue weighted by Crippen LogP contribution is 2.31. The Kier molecular flexibility index (Phi) is 3.85. The number of carbonyl (C=O) groups excluding carboxylic acids is 1. The fourth-order valence-electron chi connectivity index (χ4n) is 2.48. The third-order valence-electron chi connectivity index (χ3n) is 3.45. The summed E-state index contributed by atoms with van der Waals surface area (Å²) < 4.78 is 13.3. The normalized spacial score (nSPS) is 15.5. The van der Waals surface area contributed by atoms with Crippen molar-refractivity contribution in [3.8, 4) is 0 Å². The minimum Gasteiger partial charge on any atom is -0.393 e. The zero-order chi connectivity index (χ0) is 14.2. The van der Waals surface area contributed by atoms with Gasteiger partial charge in [-0.15, -0.1) is 0 Å². The molecule has 0 saturated carbocycles. The highest BCUT2D eigenvalue weighted by Gasteiger charge is 2.33. The summed E-state index contributed by atoms with van der Waals surface area (Å²) in [5, 5.41) is 0. The molecule has 102 valence electrons. The second kappa shape index (κ2) is 5.25. The number of rotatable bonds is 3. The Morgan fingerprint density at radius 3 is 2.74 bits per heavy atom. The number of nitrogens with zero attached hydrogens (tertiary/aromatic N) is 1. The largest absolute Gasteiger partial charge is 0.393 e. The van der Waals surface area contributed by atoms with Crippen LogP contribution in [0.5, 0.6) is 0 Å². The molecule has 1 atom stereocenters. The maximum absolute atomic E-state index is 13.3. The fourth-order valence-corrected chi connectivity index (χ4v) is 2.86. The van der Waals surface area contributed by atoms with E-state index in [2.05, 4.69) is 0 Å². The van der Waals surface area contributed by atoms with Gasteiger partial charge >= 0.3 is 0 Å². The molecular formula is C14H17FN2OS. The Labute approximate surface area is 117 Å². The number of hydrogen-bond donors (Lipinski definition) is 1. The van der Waals surface area contributed by atoms with Crippen LogP contribution in [0.25, 0.3) is 0 Å². The molecule has 5 heteroatoms. The molecule has 0 radical (unpaired) electrons. The molecule has 0 aromatic heterocycles. The summed E-state index contributed by atoms with van der Waals surface area (Å²) in [5.74, 6) is -0.937. The van der Waals surface area contributed by atoms with Crippen molar-refractivity contribution in [2.75, 3.05) is 11.4 Å². The van der Waals surface area contributed by atoms with E-state index in [0.29, 0.717) is 12.2 Å². The van der Waals surface area contributed by atoms with Crippen molar-refractivity contribution in [2.24, 2.45) is 17.6 Å². The van der Waals surface area contributed by atoms with Gasteiger partial charge in [-0.25, -0.2) is 4.39 Å². The summed E-state index contributed by atoms with van der Waals surface area (Å²) in [6.45, 7) is 4.37. The zero-order valence-corrected chi connectivity index (χ0v) is 11.8.